The van der Waals surface area contributed by atoms with Crippen molar-refractivity contribution in [3.05, 3.63) is 18.6 Å². The van der Waals surface area contributed by atoms with Crippen molar-refractivity contribution in [2.45, 2.75) is 25.7 Å². The van der Waals surface area contributed by atoms with E-state index in [1.54, 1.807) is 12.5 Å². The average molecular weight is 179 g/mol. The highest BCUT2D eigenvalue weighted by Gasteiger charge is 2.18. The van der Waals surface area contributed by atoms with Crippen molar-refractivity contribution in [2.24, 2.45) is 0 Å². The van der Waals surface area contributed by atoms with E-state index in [1.165, 1.54) is 0 Å². The first-order valence-electron chi connectivity index (χ1n) is 4.70. The zero-order valence-corrected chi connectivity index (χ0v) is 7.53. The summed E-state index contributed by atoms with van der Waals surface area (Å²) < 4.78 is 4.96. The second-order valence-electron chi connectivity index (χ2n) is 3.34. The number of hydrogen-bond donors (Lipinski definition) is 0. The van der Waals surface area contributed by atoms with Crippen LogP contribution in [0.15, 0.2) is 23.0 Å². The number of furan rings is 1. The number of nitrogens with zero attached hydrogens (tertiary/aromatic N) is 1. The van der Waals surface area contributed by atoms with Crippen LogP contribution < -0.4 is 4.90 Å². The fourth-order valence-electron chi connectivity index (χ4n) is 1.67. The van der Waals surface area contributed by atoms with E-state index in [1.807, 2.05) is 11.0 Å². The van der Waals surface area contributed by atoms with E-state index < -0.39 is 0 Å². The van der Waals surface area contributed by atoms with E-state index in [2.05, 4.69) is 0 Å². The van der Waals surface area contributed by atoms with E-state index in [0.29, 0.717) is 6.42 Å². The normalized spacial score (nSPS) is 18.8. The molecule has 0 aliphatic carbocycles. The summed E-state index contributed by atoms with van der Waals surface area (Å²) in [5.74, 6) is 0.221. The molecule has 1 aromatic heterocycles. The third-order valence-corrected chi connectivity index (χ3v) is 2.39. The molecule has 0 spiro atoms. The summed E-state index contributed by atoms with van der Waals surface area (Å²) in [6.45, 7) is 0.832. The molecule has 3 nitrogen and oxygen atoms in total. The predicted molar refractivity (Wildman–Crippen MR) is 49.5 cm³/mol. The summed E-state index contributed by atoms with van der Waals surface area (Å²) in [6, 6.07) is 1.84. The Morgan fingerprint density at radius 1 is 1.31 bits per heavy atom. The van der Waals surface area contributed by atoms with Gasteiger partial charge in [0, 0.05) is 19.0 Å². The van der Waals surface area contributed by atoms with Crippen molar-refractivity contribution in [3.8, 4) is 0 Å². The van der Waals surface area contributed by atoms with Crippen LogP contribution in [0.5, 0.6) is 0 Å². The van der Waals surface area contributed by atoms with Gasteiger partial charge in [-0.3, -0.25) is 4.79 Å². The molecule has 0 aromatic carbocycles. The van der Waals surface area contributed by atoms with E-state index in [9.17, 15) is 4.79 Å². The molecule has 2 rings (SSSR count). The van der Waals surface area contributed by atoms with Crippen LogP contribution in [0.1, 0.15) is 25.7 Å². The highest BCUT2D eigenvalue weighted by molar-refractivity contribution is 5.93. The third-order valence-electron chi connectivity index (χ3n) is 2.39. The van der Waals surface area contributed by atoms with Crippen LogP contribution in [0.4, 0.5) is 5.69 Å². The molecule has 70 valence electrons. The Hall–Kier alpha value is -1.25. The van der Waals surface area contributed by atoms with Gasteiger partial charge in [0.2, 0.25) is 5.91 Å². The van der Waals surface area contributed by atoms with Gasteiger partial charge >= 0.3 is 0 Å². The fraction of sp³-hybridized carbons (Fsp3) is 0.500. The number of hydrogen-bond acceptors (Lipinski definition) is 2. The molecule has 3 heteroatoms. The Labute approximate surface area is 77.3 Å². The Balaban J connectivity index is 2.16. The van der Waals surface area contributed by atoms with Gasteiger partial charge in [-0.25, -0.2) is 0 Å². The van der Waals surface area contributed by atoms with Gasteiger partial charge in [-0.1, -0.05) is 6.42 Å². The smallest absolute Gasteiger partial charge is 0.227 e. The van der Waals surface area contributed by atoms with Gasteiger partial charge in [0.1, 0.15) is 6.26 Å². The average Bonchev–Trinajstić information content (AvgIpc) is 2.56. The molecule has 0 N–H and O–H groups in total. The molecular weight excluding hydrogens is 166 g/mol. The first kappa shape index (κ1) is 8.35. The summed E-state index contributed by atoms with van der Waals surface area (Å²) in [5.41, 5.74) is 0.895. The Morgan fingerprint density at radius 2 is 2.23 bits per heavy atom. The first-order valence-corrected chi connectivity index (χ1v) is 4.70. The molecule has 0 unspecified atom stereocenters. The summed E-state index contributed by atoms with van der Waals surface area (Å²) in [6.07, 6.45) is 7.17. The molecule has 0 saturated carbocycles. The molecule has 1 saturated heterocycles. The number of carbonyl (C=O) groups is 1. The lowest BCUT2D eigenvalue weighted by Gasteiger charge is -2.17. The summed E-state index contributed by atoms with van der Waals surface area (Å²) >= 11 is 0. The van der Waals surface area contributed by atoms with E-state index >= 15 is 0 Å². The van der Waals surface area contributed by atoms with Gasteiger partial charge in [-0.05, 0) is 12.8 Å². The largest absolute Gasteiger partial charge is 0.470 e. The Morgan fingerprint density at radius 3 is 3.00 bits per heavy atom. The minimum atomic E-state index is 0.221. The summed E-state index contributed by atoms with van der Waals surface area (Å²) in [4.78, 5) is 13.4. The van der Waals surface area contributed by atoms with Crippen molar-refractivity contribution in [1.82, 2.24) is 0 Å². The molecule has 0 bridgehead atoms. The van der Waals surface area contributed by atoms with Crippen molar-refractivity contribution < 1.29 is 9.21 Å². The van der Waals surface area contributed by atoms with Crippen LogP contribution in [0.3, 0.4) is 0 Å². The molecule has 13 heavy (non-hydrogen) atoms. The minimum Gasteiger partial charge on any atom is -0.470 e. The van der Waals surface area contributed by atoms with E-state index in [4.69, 9.17) is 4.42 Å². The van der Waals surface area contributed by atoms with Gasteiger partial charge in [-0.2, -0.15) is 0 Å². The number of carbonyl (C=O) groups excluding carboxylic acids is 1. The molecule has 0 radical (unpaired) electrons. The number of rotatable bonds is 1. The highest BCUT2D eigenvalue weighted by atomic mass is 16.3. The molecule has 1 aliphatic heterocycles. The van der Waals surface area contributed by atoms with E-state index in [0.717, 1.165) is 31.5 Å². The topological polar surface area (TPSA) is 33.5 Å². The lowest BCUT2D eigenvalue weighted by Crippen LogP contribution is -2.29. The zero-order valence-electron chi connectivity index (χ0n) is 7.53. The maximum Gasteiger partial charge on any atom is 0.227 e. The Kier molecular flexibility index (Phi) is 2.34. The van der Waals surface area contributed by atoms with Crippen LogP contribution >= 0.6 is 0 Å². The molecule has 1 amide bonds. The highest BCUT2D eigenvalue weighted by Crippen LogP contribution is 2.20. The van der Waals surface area contributed by atoms with Crippen molar-refractivity contribution in [3.63, 3.8) is 0 Å². The van der Waals surface area contributed by atoms with Crippen LogP contribution in [-0.4, -0.2) is 12.5 Å². The third kappa shape index (κ3) is 1.74. The lowest BCUT2D eigenvalue weighted by molar-refractivity contribution is -0.118. The second kappa shape index (κ2) is 3.64. The van der Waals surface area contributed by atoms with Gasteiger partial charge in [0.25, 0.3) is 0 Å². The van der Waals surface area contributed by atoms with Gasteiger partial charge in [-0.15, -0.1) is 0 Å². The SMILES string of the molecule is O=C1CCCCCN1c1ccoc1. The fourth-order valence-corrected chi connectivity index (χ4v) is 1.67. The summed E-state index contributed by atoms with van der Waals surface area (Å²) in [5, 5.41) is 0. The quantitative estimate of drug-likeness (QED) is 0.662. The maximum absolute atomic E-state index is 11.6. The molecule has 1 fully saturated rings. The van der Waals surface area contributed by atoms with Gasteiger partial charge in [0.05, 0.1) is 12.0 Å². The van der Waals surface area contributed by atoms with Crippen molar-refractivity contribution >= 4 is 11.6 Å². The van der Waals surface area contributed by atoms with Gasteiger partial charge < -0.3 is 9.32 Å². The first-order chi connectivity index (χ1) is 6.38. The molecule has 1 aliphatic rings. The van der Waals surface area contributed by atoms with Crippen molar-refractivity contribution in [1.29, 1.82) is 0 Å². The molecule has 2 heterocycles. The molecule has 1 aromatic rings. The van der Waals surface area contributed by atoms with Gasteiger partial charge in [0.15, 0.2) is 0 Å². The lowest BCUT2D eigenvalue weighted by atomic mass is 10.2. The standard InChI is InChI=1S/C10H13NO2/c12-10-4-2-1-3-6-11(10)9-5-7-13-8-9/h5,7-8H,1-4,6H2. The van der Waals surface area contributed by atoms with Crippen molar-refractivity contribution in [2.75, 3.05) is 11.4 Å². The van der Waals surface area contributed by atoms with E-state index in [-0.39, 0.29) is 5.91 Å². The maximum atomic E-state index is 11.6. The van der Waals surface area contributed by atoms with Crippen LogP contribution in [0.25, 0.3) is 0 Å². The monoisotopic (exact) mass is 179 g/mol. The Bertz CT molecular complexity index is 279. The van der Waals surface area contributed by atoms with Crippen LogP contribution in [-0.2, 0) is 4.79 Å². The zero-order chi connectivity index (χ0) is 9.10. The van der Waals surface area contributed by atoms with Crippen LogP contribution in [0.2, 0.25) is 0 Å². The minimum absolute atomic E-state index is 0.221. The second-order valence-corrected chi connectivity index (χ2v) is 3.34. The summed E-state index contributed by atoms with van der Waals surface area (Å²) in [7, 11) is 0. The predicted octanol–water partition coefficient (Wildman–Crippen LogP) is 2.19. The number of amides is 1. The number of anilines is 1. The van der Waals surface area contributed by atoms with Crippen LogP contribution in [0, 0.1) is 0 Å². The molecular formula is C10H13NO2. The molecule has 0 atom stereocenters.